The van der Waals surface area contributed by atoms with E-state index in [0.29, 0.717) is 27.1 Å². The molecule has 1 aromatic heterocycles. The Morgan fingerprint density at radius 1 is 1.16 bits per heavy atom. The summed E-state index contributed by atoms with van der Waals surface area (Å²) in [5, 5.41) is 15.4. The number of nitrogens with one attached hydrogen (secondary N) is 1. The second kappa shape index (κ2) is 7.21. The van der Waals surface area contributed by atoms with Gasteiger partial charge in [-0.3, -0.25) is 4.79 Å². The van der Waals surface area contributed by atoms with Crippen LogP contribution >= 0.6 is 23.2 Å². The van der Waals surface area contributed by atoms with Crippen molar-refractivity contribution in [1.29, 1.82) is 0 Å². The molecule has 0 spiro atoms. The fourth-order valence-electron chi connectivity index (χ4n) is 2.32. The lowest BCUT2D eigenvalue weighted by atomic mass is 10.1. The van der Waals surface area contributed by atoms with E-state index < -0.39 is 0 Å². The molecule has 0 aliphatic carbocycles. The van der Waals surface area contributed by atoms with Crippen molar-refractivity contribution in [2.75, 3.05) is 5.32 Å². The molecular weight excluding hydrogens is 361 g/mol. The van der Waals surface area contributed by atoms with Crippen LogP contribution in [0.4, 0.5) is 5.69 Å². The van der Waals surface area contributed by atoms with Gasteiger partial charge in [-0.05, 0) is 54.6 Å². The van der Waals surface area contributed by atoms with Crippen molar-refractivity contribution in [1.82, 2.24) is 20.2 Å². The van der Waals surface area contributed by atoms with Crippen LogP contribution < -0.4 is 5.32 Å². The van der Waals surface area contributed by atoms with Crippen molar-refractivity contribution >= 4 is 34.8 Å². The first kappa shape index (κ1) is 17.4. The molecule has 0 bridgehead atoms. The smallest absolute Gasteiger partial charge is 0.255 e. The van der Waals surface area contributed by atoms with Crippen LogP contribution in [0.3, 0.4) is 0 Å². The summed E-state index contributed by atoms with van der Waals surface area (Å²) < 4.78 is 1.70. The van der Waals surface area contributed by atoms with Crippen LogP contribution in [0.25, 0.3) is 11.4 Å². The van der Waals surface area contributed by atoms with Gasteiger partial charge in [0, 0.05) is 16.1 Å². The minimum Gasteiger partial charge on any atom is -0.321 e. The van der Waals surface area contributed by atoms with Gasteiger partial charge < -0.3 is 5.32 Å². The van der Waals surface area contributed by atoms with Crippen LogP contribution in [0.5, 0.6) is 0 Å². The van der Waals surface area contributed by atoms with E-state index in [2.05, 4.69) is 20.8 Å². The Morgan fingerprint density at radius 3 is 2.72 bits per heavy atom. The van der Waals surface area contributed by atoms with Crippen molar-refractivity contribution in [2.45, 2.75) is 19.9 Å². The maximum atomic E-state index is 12.5. The Bertz CT molecular complexity index is 923. The van der Waals surface area contributed by atoms with E-state index in [4.69, 9.17) is 23.2 Å². The van der Waals surface area contributed by atoms with Crippen molar-refractivity contribution in [3.05, 3.63) is 58.1 Å². The normalized spacial score (nSPS) is 10.9. The fourth-order valence-corrected chi connectivity index (χ4v) is 2.66. The molecule has 128 valence electrons. The molecule has 0 saturated heterocycles. The zero-order valence-electron chi connectivity index (χ0n) is 13.6. The molecule has 3 rings (SSSR count). The molecule has 0 radical (unpaired) electrons. The topological polar surface area (TPSA) is 72.7 Å². The third-order valence-electron chi connectivity index (χ3n) is 3.54. The average Bonchev–Trinajstić information content (AvgIpc) is 3.08. The zero-order valence-corrected chi connectivity index (χ0v) is 15.1. The summed E-state index contributed by atoms with van der Waals surface area (Å²) in [6, 6.07) is 12.1. The van der Waals surface area contributed by atoms with E-state index in [1.54, 1.807) is 41.1 Å². The standard InChI is InChI=1S/C17H15Cl2N5O/c1-10(2)24-16(21-22-23-24)11-4-3-5-12(8-11)17(25)20-15-9-13(18)6-7-14(15)19/h3-10H,1-2H3,(H,20,25). The predicted octanol–water partition coefficient (Wildman–Crippen LogP) is 4.48. The highest BCUT2D eigenvalue weighted by atomic mass is 35.5. The molecular formula is C17H15Cl2N5O. The average molecular weight is 376 g/mol. The number of carbonyl (C=O) groups excluding carboxylic acids is 1. The maximum Gasteiger partial charge on any atom is 0.255 e. The first-order valence-corrected chi connectivity index (χ1v) is 8.36. The van der Waals surface area contributed by atoms with E-state index in [9.17, 15) is 4.79 Å². The quantitative estimate of drug-likeness (QED) is 0.729. The van der Waals surface area contributed by atoms with Gasteiger partial charge >= 0.3 is 0 Å². The molecule has 0 unspecified atom stereocenters. The second-order valence-electron chi connectivity index (χ2n) is 5.70. The predicted molar refractivity (Wildman–Crippen MR) is 98.1 cm³/mol. The fraction of sp³-hybridized carbons (Fsp3) is 0.176. The van der Waals surface area contributed by atoms with Crippen LogP contribution in [0.15, 0.2) is 42.5 Å². The monoisotopic (exact) mass is 375 g/mol. The first-order chi connectivity index (χ1) is 12.0. The number of hydrogen-bond donors (Lipinski definition) is 1. The minimum absolute atomic E-state index is 0.104. The van der Waals surface area contributed by atoms with Gasteiger partial charge in [0.15, 0.2) is 5.82 Å². The van der Waals surface area contributed by atoms with E-state index in [-0.39, 0.29) is 11.9 Å². The summed E-state index contributed by atoms with van der Waals surface area (Å²) in [5.41, 5.74) is 1.67. The molecule has 25 heavy (non-hydrogen) atoms. The van der Waals surface area contributed by atoms with E-state index in [1.807, 2.05) is 19.9 Å². The number of rotatable bonds is 4. The van der Waals surface area contributed by atoms with Gasteiger partial charge in [-0.1, -0.05) is 35.3 Å². The minimum atomic E-state index is -0.297. The number of hydrogen-bond acceptors (Lipinski definition) is 4. The van der Waals surface area contributed by atoms with E-state index >= 15 is 0 Å². The molecule has 0 atom stereocenters. The molecule has 1 N–H and O–H groups in total. The van der Waals surface area contributed by atoms with Gasteiger partial charge in [-0.2, -0.15) is 0 Å². The number of halogens is 2. The first-order valence-electron chi connectivity index (χ1n) is 7.60. The molecule has 2 aromatic carbocycles. The van der Waals surface area contributed by atoms with Crippen LogP contribution in [-0.4, -0.2) is 26.1 Å². The number of carbonyl (C=O) groups is 1. The molecule has 0 saturated carbocycles. The summed E-state index contributed by atoms with van der Waals surface area (Å²) in [6.07, 6.45) is 0. The Kier molecular flexibility index (Phi) is 5.01. The van der Waals surface area contributed by atoms with Gasteiger partial charge in [0.1, 0.15) is 0 Å². The molecule has 1 amide bonds. The second-order valence-corrected chi connectivity index (χ2v) is 6.54. The molecule has 0 fully saturated rings. The van der Waals surface area contributed by atoms with Crippen molar-refractivity contribution in [2.24, 2.45) is 0 Å². The summed E-state index contributed by atoms with van der Waals surface area (Å²) >= 11 is 12.0. The number of nitrogens with zero attached hydrogens (tertiary/aromatic N) is 4. The van der Waals surface area contributed by atoms with Crippen LogP contribution in [0.1, 0.15) is 30.2 Å². The maximum absolute atomic E-state index is 12.5. The van der Waals surface area contributed by atoms with Gasteiger partial charge in [-0.15, -0.1) is 5.10 Å². The van der Waals surface area contributed by atoms with Crippen LogP contribution in [0.2, 0.25) is 10.0 Å². The summed E-state index contributed by atoms with van der Waals surface area (Å²) in [7, 11) is 0. The van der Waals surface area contributed by atoms with Gasteiger partial charge in [-0.25, -0.2) is 4.68 Å². The molecule has 3 aromatic rings. The summed E-state index contributed by atoms with van der Waals surface area (Å²) in [6.45, 7) is 3.97. The third kappa shape index (κ3) is 3.81. The van der Waals surface area contributed by atoms with Crippen LogP contribution in [-0.2, 0) is 0 Å². The van der Waals surface area contributed by atoms with Crippen LogP contribution in [0, 0.1) is 0 Å². The Labute approximate surface area is 154 Å². The highest BCUT2D eigenvalue weighted by Crippen LogP contribution is 2.26. The molecule has 6 nitrogen and oxygen atoms in total. The number of tetrazole rings is 1. The number of amides is 1. The van der Waals surface area contributed by atoms with E-state index in [1.165, 1.54) is 0 Å². The molecule has 8 heteroatoms. The third-order valence-corrected chi connectivity index (χ3v) is 4.11. The largest absolute Gasteiger partial charge is 0.321 e. The lowest BCUT2D eigenvalue weighted by Gasteiger charge is -2.10. The van der Waals surface area contributed by atoms with Gasteiger partial charge in [0.05, 0.1) is 16.8 Å². The van der Waals surface area contributed by atoms with E-state index in [0.717, 1.165) is 5.56 Å². The zero-order chi connectivity index (χ0) is 18.0. The van der Waals surface area contributed by atoms with Gasteiger partial charge in [0.2, 0.25) is 0 Å². The van der Waals surface area contributed by atoms with Crippen molar-refractivity contribution < 1.29 is 4.79 Å². The Hall–Kier alpha value is -2.44. The van der Waals surface area contributed by atoms with Crippen molar-refractivity contribution in [3.63, 3.8) is 0 Å². The Balaban J connectivity index is 1.90. The number of benzene rings is 2. The summed E-state index contributed by atoms with van der Waals surface area (Å²) in [4.78, 5) is 12.5. The number of aromatic nitrogens is 4. The lowest BCUT2D eigenvalue weighted by molar-refractivity contribution is 0.102. The Morgan fingerprint density at radius 2 is 1.96 bits per heavy atom. The number of anilines is 1. The van der Waals surface area contributed by atoms with Gasteiger partial charge in [0.25, 0.3) is 5.91 Å². The molecule has 0 aliphatic heterocycles. The van der Waals surface area contributed by atoms with Crippen molar-refractivity contribution in [3.8, 4) is 11.4 Å². The lowest BCUT2D eigenvalue weighted by Crippen LogP contribution is -2.12. The highest BCUT2D eigenvalue weighted by molar-refractivity contribution is 6.35. The summed E-state index contributed by atoms with van der Waals surface area (Å²) in [5.74, 6) is 0.306. The SMILES string of the molecule is CC(C)n1nnnc1-c1cccc(C(=O)Nc2cc(Cl)ccc2Cl)c1. The molecule has 0 aliphatic rings. The highest BCUT2D eigenvalue weighted by Gasteiger charge is 2.14. The molecule has 1 heterocycles.